The molecule has 0 aromatic heterocycles. The zero-order valence-electron chi connectivity index (χ0n) is 8.56. The maximum Gasteiger partial charge on any atom is 0.251 e. The van der Waals surface area contributed by atoms with E-state index in [2.05, 4.69) is 0 Å². The minimum Gasteiger partial charge on any atom is -0.396 e. The van der Waals surface area contributed by atoms with Gasteiger partial charge in [-0.2, -0.15) is 0 Å². The summed E-state index contributed by atoms with van der Waals surface area (Å²) in [5.74, 6) is 0. The number of aliphatic hydroxyl groups excluding tert-OH is 1. The van der Waals surface area contributed by atoms with Crippen molar-refractivity contribution in [1.29, 1.82) is 0 Å². The standard InChI is InChI=1S/C9H19F2NO/c1-4-9(2,7-13)6-12(3)5-8(10)11/h8,13H,4-7H2,1-3H3. The molecule has 0 fully saturated rings. The number of hydrogen-bond donors (Lipinski definition) is 1. The Hall–Kier alpha value is -0.220. The lowest BCUT2D eigenvalue weighted by Crippen LogP contribution is -2.37. The highest BCUT2D eigenvalue weighted by Crippen LogP contribution is 2.21. The first-order valence-corrected chi connectivity index (χ1v) is 4.51. The molecule has 0 saturated heterocycles. The number of rotatable bonds is 6. The van der Waals surface area contributed by atoms with Crippen LogP contribution in [0.25, 0.3) is 0 Å². The van der Waals surface area contributed by atoms with Crippen LogP contribution in [0, 0.1) is 5.41 Å². The Labute approximate surface area is 78.5 Å². The van der Waals surface area contributed by atoms with Crippen molar-refractivity contribution < 1.29 is 13.9 Å². The van der Waals surface area contributed by atoms with E-state index in [1.165, 1.54) is 0 Å². The van der Waals surface area contributed by atoms with E-state index >= 15 is 0 Å². The molecule has 1 atom stereocenters. The summed E-state index contributed by atoms with van der Waals surface area (Å²) in [5.41, 5.74) is -0.260. The first-order chi connectivity index (χ1) is 5.93. The SMILES string of the molecule is CCC(C)(CO)CN(C)CC(F)F. The van der Waals surface area contributed by atoms with Gasteiger partial charge in [-0.3, -0.25) is 0 Å². The topological polar surface area (TPSA) is 23.5 Å². The van der Waals surface area contributed by atoms with Gasteiger partial charge in [0.05, 0.1) is 6.54 Å². The molecular formula is C9H19F2NO. The predicted molar refractivity (Wildman–Crippen MR) is 49.0 cm³/mol. The van der Waals surface area contributed by atoms with Gasteiger partial charge in [0.15, 0.2) is 0 Å². The fourth-order valence-electron chi connectivity index (χ4n) is 1.23. The Kier molecular flexibility index (Phi) is 5.40. The molecule has 0 amide bonds. The van der Waals surface area contributed by atoms with Crippen molar-refractivity contribution >= 4 is 0 Å². The molecule has 4 heteroatoms. The van der Waals surface area contributed by atoms with Crippen molar-refractivity contribution in [3.63, 3.8) is 0 Å². The zero-order chi connectivity index (χ0) is 10.5. The molecule has 0 aliphatic rings. The Bertz CT molecular complexity index is 138. The van der Waals surface area contributed by atoms with Gasteiger partial charge in [0, 0.05) is 18.6 Å². The highest BCUT2D eigenvalue weighted by molar-refractivity contribution is 4.75. The van der Waals surface area contributed by atoms with Crippen molar-refractivity contribution in [1.82, 2.24) is 4.90 Å². The molecule has 0 aliphatic heterocycles. The van der Waals surface area contributed by atoms with Crippen LogP contribution in [0.5, 0.6) is 0 Å². The largest absolute Gasteiger partial charge is 0.396 e. The van der Waals surface area contributed by atoms with E-state index in [1.54, 1.807) is 11.9 Å². The van der Waals surface area contributed by atoms with Crippen LogP contribution in [0.4, 0.5) is 8.78 Å². The van der Waals surface area contributed by atoms with Gasteiger partial charge in [-0.15, -0.1) is 0 Å². The average molecular weight is 195 g/mol. The second-order valence-corrected chi connectivity index (χ2v) is 3.91. The van der Waals surface area contributed by atoms with Gasteiger partial charge in [-0.05, 0) is 13.5 Å². The second kappa shape index (κ2) is 5.50. The maximum absolute atomic E-state index is 12.0. The third-order valence-corrected chi connectivity index (χ3v) is 2.34. The summed E-state index contributed by atoms with van der Waals surface area (Å²) in [5, 5.41) is 9.05. The van der Waals surface area contributed by atoms with Gasteiger partial charge >= 0.3 is 0 Å². The maximum atomic E-state index is 12.0. The quantitative estimate of drug-likeness (QED) is 0.695. The number of halogens is 2. The molecule has 0 aromatic carbocycles. The predicted octanol–water partition coefficient (Wildman–Crippen LogP) is 1.59. The minimum atomic E-state index is -2.30. The van der Waals surface area contributed by atoms with Gasteiger partial charge in [0.1, 0.15) is 0 Å². The average Bonchev–Trinajstić information content (AvgIpc) is 2.02. The van der Waals surface area contributed by atoms with Gasteiger partial charge in [-0.25, -0.2) is 8.78 Å². The first kappa shape index (κ1) is 12.8. The molecule has 0 aromatic rings. The smallest absolute Gasteiger partial charge is 0.251 e. The molecule has 80 valence electrons. The molecule has 1 N–H and O–H groups in total. The summed E-state index contributed by atoms with van der Waals surface area (Å²) in [6.45, 7) is 4.17. The molecular weight excluding hydrogens is 176 g/mol. The third-order valence-electron chi connectivity index (χ3n) is 2.34. The van der Waals surface area contributed by atoms with Gasteiger partial charge in [0.2, 0.25) is 0 Å². The van der Waals surface area contributed by atoms with Crippen LogP contribution in [0.1, 0.15) is 20.3 Å². The minimum absolute atomic E-state index is 0.0388. The molecule has 1 unspecified atom stereocenters. The number of aliphatic hydroxyl groups is 1. The van der Waals surface area contributed by atoms with Crippen molar-refractivity contribution in [3.05, 3.63) is 0 Å². The van der Waals surface area contributed by atoms with Crippen LogP contribution in [0.15, 0.2) is 0 Å². The molecule has 13 heavy (non-hydrogen) atoms. The molecule has 0 radical (unpaired) electrons. The summed E-state index contributed by atoms with van der Waals surface area (Å²) >= 11 is 0. The Morgan fingerprint density at radius 3 is 2.31 bits per heavy atom. The summed E-state index contributed by atoms with van der Waals surface area (Å²) in [6, 6.07) is 0. The monoisotopic (exact) mass is 195 g/mol. The van der Waals surface area contributed by atoms with Crippen LogP contribution in [-0.4, -0.2) is 43.2 Å². The highest BCUT2D eigenvalue weighted by atomic mass is 19.3. The first-order valence-electron chi connectivity index (χ1n) is 4.51. The van der Waals surface area contributed by atoms with E-state index in [1.807, 2.05) is 13.8 Å². The van der Waals surface area contributed by atoms with Crippen molar-refractivity contribution in [2.75, 3.05) is 26.7 Å². The highest BCUT2D eigenvalue weighted by Gasteiger charge is 2.23. The zero-order valence-corrected chi connectivity index (χ0v) is 8.56. The molecule has 0 heterocycles. The molecule has 0 aliphatic carbocycles. The van der Waals surface area contributed by atoms with Gasteiger partial charge in [-0.1, -0.05) is 13.8 Å². The van der Waals surface area contributed by atoms with Gasteiger partial charge in [0.25, 0.3) is 6.43 Å². The lowest BCUT2D eigenvalue weighted by Gasteiger charge is -2.30. The summed E-state index contributed by atoms with van der Waals surface area (Å²) in [6.07, 6.45) is -1.51. The van der Waals surface area contributed by atoms with Crippen molar-refractivity contribution in [2.24, 2.45) is 5.41 Å². The second-order valence-electron chi connectivity index (χ2n) is 3.91. The number of nitrogens with zero attached hydrogens (tertiary/aromatic N) is 1. The number of alkyl halides is 2. The molecule has 0 saturated carbocycles. The van der Waals surface area contributed by atoms with E-state index in [4.69, 9.17) is 5.11 Å². The Morgan fingerprint density at radius 2 is 2.00 bits per heavy atom. The van der Waals surface area contributed by atoms with Crippen LogP contribution < -0.4 is 0 Å². The van der Waals surface area contributed by atoms with Crippen LogP contribution in [0.3, 0.4) is 0 Å². The summed E-state index contributed by atoms with van der Waals surface area (Å²) in [4.78, 5) is 1.56. The number of hydrogen-bond acceptors (Lipinski definition) is 2. The van der Waals surface area contributed by atoms with Gasteiger partial charge < -0.3 is 10.0 Å². The molecule has 2 nitrogen and oxygen atoms in total. The van der Waals surface area contributed by atoms with E-state index in [9.17, 15) is 8.78 Å². The lowest BCUT2D eigenvalue weighted by molar-refractivity contribution is 0.0538. The Balaban J connectivity index is 3.94. The van der Waals surface area contributed by atoms with E-state index in [0.717, 1.165) is 6.42 Å². The third kappa shape index (κ3) is 5.16. The Morgan fingerprint density at radius 1 is 1.46 bits per heavy atom. The van der Waals surface area contributed by atoms with Crippen LogP contribution in [0.2, 0.25) is 0 Å². The summed E-state index contributed by atoms with van der Waals surface area (Å²) in [7, 11) is 1.65. The van der Waals surface area contributed by atoms with Crippen molar-refractivity contribution in [2.45, 2.75) is 26.7 Å². The normalized spacial score (nSPS) is 16.6. The van der Waals surface area contributed by atoms with E-state index in [0.29, 0.717) is 6.54 Å². The van der Waals surface area contributed by atoms with Crippen LogP contribution >= 0.6 is 0 Å². The molecule has 0 spiro atoms. The van der Waals surface area contributed by atoms with E-state index < -0.39 is 6.43 Å². The summed E-state index contributed by atoms with van der Waals surface area (Å²) < 4.78 is 23.9. The van der Waals surface area contributed by atoms with Crippen molar-refractivity contribution in [3.8, 4) is 0 Å². The lowest BCUT2D eigenvalue weighted by atomic mass is 9.88. The van der Waals surface area contributed by atoms with Crippen LogP contribution in [-0.2, 0) is 0 Å². The fourth-order valence-corrected chi connectivity index (χ4v) is 1.23. The molecule has 0 bridgehead atoms. The van der Waals surface area contributed by atoms with E-state index in [-0.39, 0.29) is 18.6 Å². The molecule has 0 rings (SSSR count). The fraction of sp³-hybridized carbons (Fsp3) is 1.00.